The highest BCUT2D eigenvalue weighted by molar-refractivity contribution is 6.07. The average molecular weight is 331 g/mol. The van der Waals surface area contributed by atoms with Crippen molar-refractivity contribution in [1.29, 1.82) is 0 Å². The molecule has 2 heterocycles. The number of nitrogens with one attached hydrogen (secondary N) is 2. The van der Waals surface area contributed by atoms with Gasteiger partial charge in [0.1, 0.15) is 0 Å². The number of allylic oxidation sites excluding steroid dienone is 5. The highest BCUT2D eigenvalue weighted by Gasteiger charge is 2.06. The number of nitrogens with zero attached hydrogens (tertiary/aromatic N) is 1. The maximum Gasteiger partial charge on any atom is 0.0495 e. The lowest BCUT2D eigenvalue weighted by molar-refractivity contribution is 0.870. The number of H-pyrrole nitrogens is 1. The minimum absolute atomic E-state index is 0.927. The van der Waals surface area contributed by atoms with Gasteiger partial charge in [0.05, 0.1) is 0 Å². The number of hydrogen-bond donors (Lipinski definition) is 2. The van der Waals surface area contributed by atoms with Gasteiger partial charge in [-0.15, -0.1) is 0 Å². The lowest BCUT2D eigenvalue weighted by Crippen LogP contribution is -2.10. The molecule has 2 N–H and O–H groups in total. The zero-order valence-corrected chi connectivity index (χ0v) is 15.1. The maximum absolute atomic E-state index is 4.24. The van der Waals surface area contributed by atoms with Gasteiger partial charge in [0, 0.05) is 46.4 Å². The fourth-order valence-electron chi connectivity index (χ4n) is 3.09. The van der Waals surface area contributed by atoms with E-state index < -0.39 is 0 Å². The number of likely N-dealkylation sites (N-methyl/N-ethyl adjacent to an activating group) is 1. The molecule has 3 heteroatoms. The van der Waals surface area contributed by atoms with E-state index in [0.29, 0.717) is 0 Å². The second-order valence-corrected chi connectivity index (χ2v) is 5.98. The first-order chi connectivity index (χ1) is 12.3. The van der Waals surface area contributed by atoms with Gasteiger partial charge in [0.15, 0.2) is 0 Å². The zero-order chi connectivity index (χ0) is 17.6. The number of aromatic nitrogens is 2. The summed E-state index contributed by atoms with van der Waals surface area (Å²) in [6, 6.07) is 8.59. The summed E-state index contributed by atoms with van der Waals surface area (Å²) < 4.78 is 0. The maximum atomic E-state index is 4.24. The highest BCUT2D eigenvalue weighted by atomic mass is 14.9. The Balaban J connectivity index is 1.96. The number of hydrogen-bond acceptors (Lipinski definition) is 2. The summed E-state index contributed by atoms with van der Waals surface area (Å²) in [5, 5.41) is 5.78. The summed E-state index contributed by atoms with van der Waals surface area (Å²) in [6.07, 6.45) is 13.5. The van der Waals surface area contributed by atoms with E-state index in [2.05, 4.69) is 78.6 Å². The SMILES string of the molecule is C\C=C(/C=C\C(=C\CC)NCC)c1ccc2c(c1)[nH]c1ccncc12. The molecule has 0 aliphatic heterocycles. The van der Waals surface area contributed by atoms with Crippen molar-refractivity contribution in [3.63, 3.8) is 0 Å². The summed E-state index contributed by atoms with van der Waals surface area (Å²) in [7, 11) is 0. The molecule has 0 fully saturated rings. The molecule has 25 heavy (non-hydrogen) atoms. The number of rotatable bonds is 6. The van der Waals surface area contributed by atoms with E-state index in [9.17, 15) is 0 Å². The first kappa shape index (κ1) is 17.0. The summed E-state index contributed by atoms with van der Waals surface area (Å²) in [4.78, 5) is 7.72. The Morgan fingerprint density at radius 2 is 2.00 bits per heavy atom. The summed E-state index contributed by atoms with van der Waals surface area (Å²) in [5.74, 6) is 0. The van der Waals surface area contributed by atoms with Gasteiger partial charge in [-0.3, -0.25) is 4.98 Å². The van der Waals surface area contributed by atoms with Crippen LogP contribution in [0.25, 0.3) is 27.4 Å². The van der Waals surface area contributed by atoms with Crippen molar-refractivity contribution >= 4 is 27.4 Å². The van der Waals surface area contributed by atoms with E-state index in [1.54, 1.807) is 0 Å². The normalized spacial score (nSPS) is 13.2. The number of aromatic amines is 1. The quantitative estimate of drug-likeness (QED) is 0.579. The molecule has 0 amide bonds. The van der Waals surface area contributed by atoms with Crippen LogP contribution < -0.4 is 5.32 Å². The number of benzene rings is 1. The molecule has 0 radical (unpaired) electrons. The van der Waals surface area contributed by atoms with Crippen LogP contribution in [-0.4, -0.2) is 16.5 Å². The van der Waals surface area contributed by atoms with Crippen LogP contribution in [0.5, 0.6) is 0 Å². The van der Waals surface area contributed by atoms with Crippen LogP contribution >= 0.6 is 0 Å². The first-order valence-corrected chi connectivity index (χ1v) is 8.91. The molecule has 0 spiro atoms. The van der Waals surface area contributed by atoms with E-state index in [-0.39, 0.29) is 0 Å². The van der Waals surface area contributed by atoms with Crippen LogP contribution in [0, 0.1) is 0 Å². The Kier molecular flexibility index (Phi) is 5.34. The third-order valence-electron chi connectivity index (χ3n) is 4.29. The fourth-order valence-corrected chi connectivity index (χ4v) is 3.09. The number of pyridine rings is 1. The Morgan fingerprint density at radius 3 is 2.76 bits per heavy atom. The van der Waals surface area contributed by atoms with Gasteiger partial charge in [0.25, 0.3) is 0 Å². The molecule has 0 saturated heterocycles. The molecule has 0 saturated carbocycles. The highest BCUT2D eigenvalue weighted by Crippen LogP contribution is 2.28. The predicted molar refractivity (Wildman–Crippen MR) is 108 cm³/mol. The Bertz CT molecular complexity index is 958. The van der Waals surface area contributed by atoms with Crippen LogP contribution in [0.15, 0.2) is 66.7 Å². The van der Waals surface area contributed by atoms with Crippen molar-refractivity contribution in [2.24, 2.45) is 0 Å². The third-order valence-corrected chi connectivity index (χ3v) is 4.29. The van der Waals surface area contributed by atoms with E-state index in [0.717, 1.165) is 24.0 Å². The van der Waals surface area contributed by atoms with E-state index in [4.69, 9.17) is 0 Å². The van der Waals surface area contributed by atoms with Gasteiger partial charge in [-0.25, -0.2) is 0 Å². The Labute approximate surface area is 149 Å². The molecule has 0 unspecified atom stereocenters. The van der Waals surface area contributed by atoms with Gasteiger partial charge in [-0.05, 0) is 49.6 Å². The van der Waals surface area contributed by atoms with E-state index in [1.165, 1.54) is 27.6 Å². The third kappa shape index (κ3) is 3.66. The summed E-state index contributed by atoms with van der Waals surface area (Å²) >= 11 is 0. The molecule has 0 aliphatic rings. The predicted octanol–water partition coefficient (Wildman–Crippen LogP) is 5.58. The molecule has 0 atom stereocenters. The lowest BCUT2D eigenvalue weighted by Gasteiger charge is -2.06. The van der Waals surface area contributed by atoms with Gasteiger partial charge < -0.3 is 10.3 Å². The molecule has 128 valence electrons. The molecule has 3 aromatic rings. The molecule has 2 aromatic heterocycles. The molecule has 3 nitrogen and oxygen atoms in total. The van der Waals surface area contributed by atoms with Crippen molar-refractivity contribution in [3.8, 4) is 0 Å². The van der Waals surface area contributed by atoms with Crippen molar-refractivity contribution in [2.45, 2.75) is 27.2 Å². The van der Waals surface area contributed by atoms with Crippen LogP contribution in [0.1, 0.15) is 32.8 Å². The zero-order valence-electron chi connectivity index (χ0n) is 15.1. The Hall–Kier alpha value is -2.81. The topological polar surface area (TPSA) is 40.7 Å². The monoisotopic (exact) mass is 331 g/mol. The molecule has 1 aromatic carbocycles. The van der Waals surface area contributed by atoms with Gasteiger partial charge in [-0.1, -0.05) is 37.3 Å². The minimum Gasteiger partial charge on any atom is -0.386 e. The van der Waals surface area contributed by atoms with Gasteiger partial charge in [-0.2, -0.15) is 0 Å². The van der Waals surface area contributed by atoms with Gasteiger partial charge in [0.2, 0.25) is 0 Å². The lowest BCUT2D eigenvalue weighted by atomic mass is 10.0. The smallest absolute Gasteiger partial charge is 0.0495 e. The fraction of sp³-hybridized carbons (Fsp3) is 0.227. The van der Waals surface area contributed by atoms with Crippen LogP contribution in [-0.2, 0) is 0 Å². The standard InChI is InChI=1S/C22H25N3/c1-4-7-18(24-6-3)10-8-16(5-2)17-9-11-19-20-15-23-13-12-21(20)25-22(19)14-17/h5,7-15,24-25H,4,6H2,1-3H3/b10-8-,16-5+,18-7-. The van der Waals surface area contributed by atoms with Crippen LogP contribution in [0.2, 0.25) is 0 Å². The molecule has 0 bridgehead atoms. The summed E-state index contributed by atoms with van der Waals surface area (Å²) in [6.45, 7) is 7.28. The number of fused-ring (bicyclic) bond motifs is 3. The molecule has 3 rings (SSSR count). The van der Waals surface area contributed by atoms with Crippen molar-refractivity contribution < 1.29 is 0 Å². The molecule has 0 aliphatic carbocycles. The van der Waals surface area contributed by atoms with Crippen LogP contribution in [0.3, 0.4) is 0 Å². The van der Waals surface area contributed by atoms with Crippen molar-refractivity contribution in [2.75, 3.05) is 6.54 Å². The molecular weight excluding hydrogens is 306 g/mol. The first-order valence-electron chi connectivity index (χ1n) is 8.91. The second kappa shape index (κ2) is 7.84. The van der Waals surface area contributed by atoms with Crippen molar-refractivity contribution in [3.05, 3.63) is 72.2 Å². The van der Waals surface area contributed by atoms with E-state index >= 15 is 0 Å². The van der Waals surface area contributed by atoms with Gasteiger partial charge >= 0.3 is 0 Å². The van der Waals surface area contributed by atoms with Crippen molar-refractivity contribution in [1.82, 2.24) is 15.3 Å². The molecular formula is C22H25N3. The van der Waals surface area contributed by atoms with Crippen LogP contribution in [0.4, 0.5) is 0 Å². The minimum atomic E-state index is 0.927. The average Bonchev–Trinajstić information content (AvgIpc) is 3.00. The largest absolute Gasteiger partial charge is 0.386 e. The second-order valence-electron chi connectivity index (χ2n) is 5.98. The summed E-state index contributed by atoms with van der Waals surface area (Å²) in [5.41, 5.74) is 5.85. The van der Waals surface area contributed by atoms with E-state index in [1.807, 2.05) is 18.5 Å². The Morgan fingerprint density at radius 1 is 1.12 bits per heavy atom.